The third kappa shape index (κ3) is 4.91. The molecule has 0 aliphatic heterocycles. The monoisotopic (exact) mass is 297 g/mol. The fraction of sp³-hybridized carbons (Fsp3) is 0.625. The van der Waals surface area contributed by atoms with Gasteiger partial charge in [0.15, 0.2) is 9.84 Å². The number of benzene rings is 1. The molecule has 0 bridgehead atoms. The minimum atomic E-state index is -3.22. The van der Waals surface area contributed by atoms with Gasteiger partial charge in [-0.25, -0.2) is 8.42 Å². The molecule has 0 amide bonds. The minimum absolute atomic E-state index is 0.0197. The van der Waals surface area contributed by atoms with Gasteiger partial charge in [0.2, 0.25) is 0 Å². The Bertz CT molecular complexity index is 494. The highest BCUT2D eigenvalue weighted by molar-refractivity contribution is 7.91. The van der Waals surface area contributed by atoms with Gasteiger partial charge < -0.3 is 5.32 Å². The number of nitrogens with one attached hydrogen (secondary N) is 1. The molecule has 1 N–H and O–H groups in total. The van der Waals surface area contributed by atoms with E-state index in [0.717, 1.165) is 24.9 Å². The van der Waals surface area contributed by atoms with Crippen molar-refractivity contribution in [1.29, 1.82) is 0 Å². The number of rotatable bonds is 8. The third-order valence-corrected chi connectivity index (χ3v) is 5.55. The van der Waals surface area contributed by atoms with E-state index >= 15 is 0 Å². The van der Waals surface area contributed by atoms with Gasteiger partial charge in [-0.1, -0.05) is 44.9 Å². The molecule has 3 nitrogen and oxygen atoms in total. The summed E-state index contributed by atoms with van der Waals surface area (Å²) in [7, 11) is -3.22. The highest BCUT2D eigenvalue weighted by Gasteiger charge is 2.24. The molecule has 0 heterocycles. The first kappa shape index (κ1) is 17.2. The maximum atomic E-state index is 12.5. The zero-order valence-corrected chi connectivity index (χ0v) is 13.8. The summed E-state index contributed by atoms with van der Waals surface area (Å²) >= 11 is 0. The Balaban J connectivity index is 2.87. The first-order chi connectivity index (χ1) is 9.40. The summed E-state index contributed by atoms with van der Waals surface area (Å²) in [5.74, 6) is 0.521. The lowest BCUT2D eigenvalue weighted by Gasteiger charge is -2.24. The topological polar surface area (TPSA) is 46.2 Å². The molecule has 1 rings (SSSR count). The van der Waals surface area contributed by atoms with E-state index in [1.165, 1.54) is 0 Å². The Morgan fingerprint density at radius 3 is 2.25 bits per heavy atom. The van der Waals surface area contributed by atoms with Crippen LogP contribution in [0.3, 0.4) is 0 Å². The molecular formula is C16H27NO2S. The number of aryl methyl sites for hydroxylation is 1. The molecule has 4 heteroatoms. The van der Waals surface area contributed by atoms with E-state index in [4.69, 9.17) is 0 Å². The molecule has 1 aromatic rings. The SMILES string of the molecule is CCCNC(CS(=O)(=O)c1ccc(C)cc1)C(C)CC. The molecule has 0 spiro atoms. The summed E-state index contributed by atoms with van der Waals surface area (Å²) < 4.78 is 25.0. The van der Waals surface area contributed by atoms with E-state index in [9.17, 15) is 8.42 Å². The first-order valence-corrected chi connectivity index (χ1v) is 9.08. The van der Waals surface area contributed by atoms with Crippen LogP contribution in [0, 0.1) is 12.8 Å². The largest absolute Gasteiger partial charge is 0.313 e. The van der Waals surface area contributed by atoms with Gasteiger partial charge in [0.1, 0.15) is 0 Å². The molecule has 2 atom stereocenters. The van der Waals surface area contributed by atoms with Gasteiger partial charge in [-0.05, 0) is 37.9 Å². The molecule has 0 fully saturated rings. The Hall–Kier alpha value is -0.870. The summed E-state index contributed by atoms with van der Waals surface area (Å²) in [5, 5.41) is 3.38. The van der Waals surface area contributed by atoms with Gasteiger partial charge in [0, 0.05) is 6.04 Å². The summed E-state index contributed by atoms with van der Waals surface area (Å²) in [6.07, 6.45) is 1.99. The normalized spacial score (nSPS) is 15.0. The van der Waals surface area contributed by atoms with Gasteiger partial charge in [-0.2, -0.15) is 0 Å². The average molecular weight is 297 g/mol. The lowest BCUT2D eigenvalue weighted by atomic mass is 10.0. The Labute approximate surface area is 123 Å². The zero-order chi connectivity index (χ0) is 15.2. The third-order valence-electron chi connectivity index (χ3n) is 3.77. The predicted octanol–water partition coefficient (Wildman–Crippen LogP) is 3.18. The van der Waals surface area contributed by atoms with Gasteiger partial charge >= 0.3 is 0 Å². The maximum Gasteiger partial charge on any atom is 0.179 e. The van der Waals surface area contributed by atoms with Crippen LogP contribution in [-0.4, -0.2) is 26.8 Å². The van der Waals surface area contributed by atoms with Crippen LogP contribution in [0.25, 0.3) is 0 Å². The highest BCUT2D eigenvalue weighted by Crippen LogP contribution is 2.17. The summed E-state index contributed by atoms with van der Waals surface area (Å²) in [4.78, 5) is 0.426. The van der Waals surface area contributed by atoms with Crippen LogP contribution in [-0.2, 0) is 9.84 Å². The van der Waals surface area contributed by atoms with Crippen molar-refractivity contribution in [2.24, 2.45) is 5.92 Å². The summed E-state index contributed by atoms with van der Waals surface area (Å²) in [6.45, 7) is 9.12. The smallest absolute Gasteiger partial charge is 0.179 e. The van der Waals surface area contributed by atoms with Crippen molar-refractivity contribution >= 4 is 9.84 Å². The number of hydrogen-bond donors (Lipinski definition) is 1. The van der Waals surface area contributed by atoms with Gasteiger partial charge in [-0.3, -0.25) is 0 Å². The predicted molar refractivity (Wildman–Crippen MR) is 84.8 cm³/mol. The quantitative estimate of drug-likeness (QED) is 0.801. The van der Waals surface area contributed by atoms with Crippen molar-refractivity contribution in [2.75, 3.05) is 12.3 Å². The van der Waals surface area contributed by atoms with Crippen molar-refractivity contribution in [1.82, 2.24) is 5.32 Å². The van der Waals surface area contributed by atoms with Crippen molar-refractivity contribution in [2.45, 2.75) is 51.5 Å². The zero-order valence-electron chi connectivity index (χ0n) is 13.0. The first-order valence-electron chi connectivity index (χ1n) is 7.43. The van der Waals surface area contributed by atoms with E-state index in [2.05, 4.69) is 26.1 Å². The van der Waals surface area contributed by atoms with Crippen LogP contribution >= 0.6 is 0 Å². The minimum Gasteiger partial charge on any atom is -0.313 e. The van der Waals surface area contributed by atoms with Gasteiger partial charge in [0.05, 0.1) is 10.6 Å². The maximum absolute atomic E-state index is 12.5. The Morgan fingerprint density at radius 1 is 1.15 bits per heavy atom. The molecule has 0 aliphatic rings. The van der Waals surface area contributed by atoms with E-state index in [1.54, 1.807) is 12.1 Å². The van der Waals surface area contributed by atoms with Crippen LogP contribution in [0.1, 0.15) is 39.2 Å². The Morgan fingerprint density at radius 2 is 1.75 bits per heavy atom. The average Bonchev–Trinajstić information content (AvgIpc) is 2.43. The molecule has 2 unspecified atom stereocenters. The van der Waals surface area contributed by atoms with Crippen LogP contribution in [0.5, 0.6) is 0 Å². The van der Waals surface area contributed by atoms with E-state index in [0.29, 0.717) is 10.8 Å². The molecule has 0 radical (unpaired) electrons. The molecule has 0 aromatic heterocycles. The van der Waals surface area contributed by atoms with Crippen molar-refractivity contribution < 1.29 is 8.42 Å². The van der Waals surface area contributed by atoms with E-state index in [1.807, 2.05) is 19.1 Å². The van der Waals surface area contributed by atoms with E-state index in [-0.39, 0.29) is 11.8 Å². The fourth-order valence-electron chi connectivity index (χ4n) is 2.12. The number of hydrogen-bond acceptors (Lipinski definition) is 3. The second-order valence-electron chi connectivity index (χ2n) is 5.54. The molecule has 114 valence electrons. The van der Waals surface area contributed by atoms with Crippen LogP contribution in [0.4, 0.5) is 0 Å². The number of sulfone groups is 1. The van der Waals surface area contributed by atoms with Gasteiger partial charge in [0.25, 0.3) is 0 Å². The summed E-state index contributed by atoms with van der Waals surface area (Å²) in [5.41, 5.74) is 1.08. The van der Waals surface area contributed by atoms with Gasteiger partial charge in [-0.15, -0.1) is 0 Å². The van der Waals surface area contributed by atoms with Crippen LogP contribution in [0.15, 0.2) is 29.2 Å². The molecule has 1 aromatic carbocycles. The van der Waals surface area contributed by atoms with E-state index < -0.39 is 9.84 Å². The molecule has 0 aliphatic carbocycles. The lowest BCUT2D eigenvalue weighted by molar-refractivity contribution is 0.391. The highest BCUT2D eigenvalue weighted by atomic mass is 32.2. The van der Waals surface area contributed by atoms with Crippen molar-refractivity contribution in [3.05, 3.63) is 29.8 Å². The second-order valence-corrected chi connectivity index (χ2v) is 7.57. The molecule has 0 saturated heterocycles. The van der Waals surface area contributed by atoms with Crippen molar-refractivity contribution in [3.8, 4) is 0 Å². The van der Waals surface area contributed by atoms with Crippen LogP contribution in [0.2, 0.25) is 0 Å². The second kappa shape index (κ2) is 7.79. The molecule has 20 heavy (non-hydrogen) atoms. The lowest BCUT2D eigenvalue weighted by Crippen LogP contribution is -2.41. The summed E-state index contributed by atoms with van der Waals surface area (Å²) in [6, 6.07) is 7.14. The van der Waals surface area contributed by atoms with Crippen molar-refractivity contribution in [3.63, 3.8) is 0 Å². The molecule has 0 saturated carbocycles. The fourth-order valence-corrected chi connectivity index (χ4v) is 3.78. The Kier molecular flexibility index (Phi) is 6.69. The van der Waals surface area contributed by atoms with Crippen LogP contribution < -0.4 is 5.32 Å². The molecular weight excluding hydrogens is 270 g/mol. The standard InChI is InChI=1S/C16H27NO2S/c1-5-11-17-16(14(4)6-2)12-20(18,19)15-9-7-13(3)8-10-15/h7-10,14,16-17H,5-6,11-12H2,1-4H3.